The summed E-state index contributed by atoms with van der Waals surface area (Å²) in [5, 5.41) is 6.32. The van der Waals surface area contributed by atoms with E-state index < -0.39 is 0 Å². The van der Waals surface area contributed by atoms with Gasteiger partial charge in [-0.2, -0.15) is 0 Å². The molecule has 0 aliphatic carbocycles. The number of carbonyl (C=O) groups is 1. The third-order valence-electron chi connectivity index (χ3n) is 3.20. The van der Waals surface area contributed by atoms with Crippen LogP contribution in [0, 0.1) is 0 Å². The van der Waals surface area contributed by atoms with Crippen molar-refractivity contribution in [2.45, 2.75) is 6.04 Å². The molecule has 0 radical (unpaired) electrons. The molecule has 1 aliphatic heterocycles. The summed E-state index contributed by atoms with van der Waals surface area (Å²) in [6, 6.07) is 3.71. The quantitative estimate of drug-likeness (QED) is 0.829. The van der Waals surface area contributed by atoms with E-state index in [1.54, 1.807) is 17.5 Å². The number of aromatic nitrogens is 1. The van der Waals surface area contributed by atoms with E-state index >= 15 is 0 Å². The molecule has 1 saturated heterocycles. The fraction of sp³-hybridized carbons (Fsp3) is 0.333. The fourth-order valence-electron chi connectivity index (χ4n) is 2.32. The molecule has 6 heteroatoms. The Hall–Kier alpha value is -1.66. The number of amides is 1. The van der Waals surface area contributed by atoms with Crippen LogP contribution in [0.3, 0.4) is 0 Å². The van der Waals surface area contributed by atoms with Gasteiger partial charge in [-0.05, 0) is 17.5 Å². The first-order chi connectivity index (χ1) is 8.77. The van der Waals surface area contributed by atoms with Crippen LogP contribution in [-0.4, -0.2) is 36.6 Å². The summed E-state index contributed by atoms with van der Waals surface area (Å²) in [4.78, 5) is 18.0. The molecule has 0 saturated carbocycles. The van der Waals surface area contributed by atoms with Gasteiger partial charge in [-0.3, -0.25) is 4.79 Å². The molecule has 1 aliphatic rings. The third-order valence-corrected chi connectivity index (χ3v) is 4.08. The van der Waals surface area contributed by atoms with Gasteiger partial charge in [-0.1, -0.05) is 0 Å². The van der Waals surface area contributed by atoms with Crippen LogP contribution in [0.1, 0.15) is 0 Å². The molecule has 3 heterocycles. The number of fused-ring (bicyclic) bond motifs is 1. The average Bonchev–Trinajstić information content (AvgIpc) is 2.86. The maximum atomic E-state index is 11.5. The topological polar surface area (TPSA) is 71.2 Å². The molecule has 18 heavy (non-hydrogen) atoms. The zero-order valence-corrected chi connectivity index (χ0v) is 10.6. The van der Waals surface area contributed by atoms with Gasteiger partial charge in [0.1, 0.15) is 11.9 Å². The minimum Gasteiger partial charge on any atom is -0.368 e. The summed E-state index contributed by atoms with van der Waals surface area (Å²) < 4.78 is 1.18. The fourth-order valence-corrected chi connectivity index (χ4v) is 3.10. The zero-order chi connectivity index (χ0) is 12.5. The van der Waals surface area contributed by atoms with E-state index in [0.29, 0.717) is 6.54 Å². The van der Waals surface area contributed by atoms with E-state index in [4.69, 9.17) is 5.73 Å². The summed E-state index contributed by atoms with van der Waals surface area (Å²) >= 11 is 1.68. The predicted molar refractivity (Wildman–Crippen MR) is 72.8 cm³/mol. The Morgan fingerprint density at radius 1 is 1.56 bits per heavy atom. The van der Waals surface area contributed by atoms with Crippen molar-refractivity contribution in [3.05, 3.63) is 23.7 Å². The lowest BCUT2D eigenvalue weighted by molar-refractivity contribution is -0.119. The highest BCUT2D eigenvalue weighted by molar-refractivity contribution is 7.17. The SMILES string of the molecule is NC(=O)C1CNCCN1c1nccc2sccc12. The lowest BCUT2D eigenvalue weighted by Crippen LogP contribution is -2.57. The molecule has 3 rings (SSSR count). The van der Waals surface area contributed by atoms with E-state index in [2.05, 4.69) is 10.3 Å². The summed E-state index contributed by atoms with van der Waals surface area (Å²) in [5.41, 5.74) is 5.47. The van der Waals surface area contributed by atoms with Crippen molar-refractivity contribution in [1.82, 2.24) is 10.3 Å². The molecule has 3 N–H and O–H groups in total. The summed E-state index contributed by atoms with van der Waals surface area (Å²) in [5.74, 6) is 0.551. The number of primary amides is 1. The normalized spacial score (nSPS) is 20.2. The lowest BCUT2D eigenvalue weighted by Gasteiger charge is -2.35. The molecule has 1 atom stereocenters. The molecule has 0 aromatic carbocycles. The molecular weight excluding hydrogens is 248 g/mol. The zero-order valence-electron chi connectivity index (χ0n) is 9.80. The second kappa shape index (κ2) is 4.55. The van der Waals surface area contributed by atoms with Crippen LogP contribution in [0.15, 0.2) is 23.7 Å². The Morgan fingerprint density at radius 3 is 3.28 bits per heavy atom. The Morgan fingerprint density at radius 2 is 2.44 bits per heavy atom. The van der Waals surface area contributed by atoms with Crippen molar-refractivity contribution in [3.8, 4) is 0 Å². The second-order valence-corrected chi connectivity index (χ2v) is 5.23. The largest absolute Gasteiger partial charge is 0.368 e. The monoisotopic (exact) mass is 262 g/mol. The van der Waals surface area contributed by atoms with E-state index in [0.717, 1.165) is 24.3 Å². The minimum absolute atomic E-state index is 0.309. The summed E-state index contributed by atoms with van der Waals surface area (Å²) in [6.07, 6.45) is 1.79. The van der Waals surface area contributed by atoms with Gasteiger partial charge in [0.2, 0.25) is 5.91 Å². The van der Waals surface area contributed by atoms with E-state index in [-0.39, 0.29) is 11.9 Å². The van der Waals surface area contributed by atoms with Crippen molar-refractivity contribution in [2.24, 2.45) is 5.73 Å². The first kappa shape index (κ1) is 11.4. The molecule has 94 valence electrons. The number of nitrogens with one attached hydrogen (secondary N) is 1. The van der Waals surface area contributed by atoms with Crippen molar-refractivity contribution in [3.63, 3.8) is 0 Å². The molecule has 2 aromatic heterocycles. The van der Waals surface area contributed by atoms with Gasteiger partial charge >= 0.3 is 0 Å². The van der Waals surface area contributed by atoms with Crippen LogP contribution in [0.5, 0.6) is 0 Å². The molecule has 5 nitrogen and oxygen atoms in total. The van der Waals surface area contributed by atoms with Gasteiger partial charge in [0.05, 0.1) is 0 Å². The first-order valence-corrected chi connectivity index (χ1v) is 6.74. The van der Waals surface area contributed by atoms with Crippen LogP contribution >= 0.6 is 11.3 Å². The van der Waals surface area contributed by atoms with Crippen LogP contribution in [0.4, 0.5) is 5.82 Å². The number of carbonyl (C=O) groups excluding carboxylic acids is 1. The van der Waals surface area contributed by atoms with Crippen LogP contribution in [0.2, 0.25) is 0 Å². The van der Waals surface area contributed by atoms with Gasteiger partial charge in [0, 0.05) is 35.9 Å². The second-order valence-electron chi connectivity index (χ2n) is 4.28. The maximum absolute atomic E-state index is 11.5. The molecule has 1 amide bonds. The van der Waals surface area contributed by atoms with Crippen LogP contribution in [0.25, 0.3) is 10.1 Å². The number of pyridine rings is 1. The number of thiophene rings is 1. The van der Waals surface area contributed by atoms with Gasteiger partial charge in [-0.15, -0.1) is 11.3 Å². The van der Waals surface area contributed by atoms with Gasteiger partial charge in [0.15, 0.2) is 0 Å². The third kappa shape index (κ3) is 1.83. The van der Waals surface area contributed by atoms with Crippen molar-refractivity contribution in [2.75, 3.05) is 24.5 Å². The maximum Gasteiger partial charge on any atom is 0.241 e. The highest BCUT2D eigenvalue weighted by Gasteiger charge is 2.28. The predicted octanol–water partition coefficient (Wildman–Crippen LogP) is 0.560. The Kier molecular flexibility index (Phi) is 2.89. The Labute approximate surface area is 109 Å². The number of nitrogens with two attached hydrogens (primary N) is 1. The number of anilines is 1. The van der Waals surface area contributed by atoms with Crippen LogP contribution < -0.4 is 16.0 Å². The number of hydrogen-bond donors (Lipinski definition) is 2. The number of nitrogens with zero attached hydrogens (tertiary/aromatic N) is 2. The Bertz CT molecular complexity index is 582. The van der Waals surface area contributed by atoms with Crippen molar-refractivity contribution in [1.29, 1.82) is 0 Å². The highest BCUT2D eigenvalue weighted by Crippen LogP contribution is 2.29. The van der Waals surface area contributed by atoms with Crippen molar-refractivity contribution >= 4 is 33.1 Å². The summed E-state index contributed by atoms with van der Waals surface area (Å²) in [7, 11) is 0. The van der Waals surface area contributed by atoms with E-state index in [9.17, 15) is 4.79 Å². The van der Waals surface area contributed by atoms with Gasteiger partial charge in [0.25, 0.3) is 0 Å². The highest BCUT2D eigenvalue weighted by atomic mass is 32.1. The molecule has 0 spiro atoms. The molecule has 1 fully saturated rings. The molecule has 0 bridgehead atoms. The van der Waals surface area contributed by atoms with Crippen molar-refractivity contribution < 1.29 is 4.79 Å². The molecule has 1 unspecified atom stereocenters. The number of hydrogen-bond acceptors (Lipinski definition) is 5. The number of rotatable bonds is 2. The standard InChI is InChI=1S/C12H14N4OS/c13-11(17)9-7-14-4-5-16(9)12-8-2-6-18-10(8)1-3-15-12/h1-3,6,9,14H,4-5,7H2,(H2,13,17). The van der Waals surface area contributed by atoms with E-state index in [1.165, 1.54) is 4.70 Å². The number of piperazine rings is 1. The summed E-state index contributed by atoms with van der Waals surface area (Å²) in [6.45, 7) is 2.17. The smallest absolute Gasteiger partial charge is 0.241 e. The molecular formula is C12H14N4OS. The molecule has 2 aromatic rings. The lowest BCUT2D eigenvalue weighted by atomic mass is 10.1. The van der Waals surface area contributed by atoms with E-state index in [1.807, 2.05) is 22.4 Å². The first-order valence-electron chi connectivity index (χ1n) is 5.86. The minimum atomic E-state index is -0.322. The Balaban J connectivity index is 2.06. The average molecular weight is 262 g/mol. The van der Waals surface area contributed by atoms with Gasteiger partial charge in [-0.25, -0.2) is 4.98 Å². The van der Waals surface area contributed by atoms with Gasteiger partial charge < -0.3 is 16.0 Å². The van der Waals surface area contributed by atoms with Crippen LogP contribution in [-0.2, 0) is 4.79 Å².